The molecule has 0 amide bonds. The summed E-state index contributed by atoms with van der Waals surface area (Å²) >= 11 is 3.51. The van der Waals surface area contributed by atoms with Crippen molar-refractivity contribution in [2.75, 3.05) is 0 Å². The zero-order valence-corrected chi connectivity index (χ0v) is 12.6. The normalized spacial score (nSPS) is 12.4. The standard InChI is InChI=1S/C14H17BrN4/c1-9-13(15)10(2)19(18-9)8-12(14(16)17)11-6-4-3-5-7-11/h3-7,12H,8H2,1-2H3,(H3,16,17). The minimum absolute atomic E-state index is 0.147. The highest BCUT2D eigenvalue weighted by Gasteiger charge is 2.18. The van der Waals surface area contributed by atoms with Gasteiger partial charge in [-0.15, -0.1) is 0 Å². The number of nitrogens with one attached hydrogen (secondary N) is 1. The molecule has 1 atom stereocenters. The summed E-state index contributed by atoms with van der Waals surface area (Å²) in [4.78, 5) is 0. The Kier molecular flexibility index (Phi) is 4.04. The lowest BCUT2D eigenvalue weighted by molar-refractivity contribution is 0.567. The van der Waals surface area contributed by atoms with Gasteiger partial charge in [-0.05, 0) is 35.3 Å². The quantitative estimate of drug-likeness (QED) is 0.671. The molecule has 3 N–H and O–H groups in total. The highest BCUT2D eigenvalue weighted by Crippen LogP contribution is 2.23. The molecule has 0 fully saturated rings. The number of hydrogen-bond donors (Lipinski definition) is 2. The van der Waals surface area contributed by atoms with E-state index in [-0.39, 0.29) is 11.8 Å². The van der Waals surface area contributed by atoms with E-state index in [0.717, 1.165) is 21.4 Å². The van der Waals surface area contributed by atoms with Crippen molar-refractivity contribution in [3.05, 3.63) is 51.8 Å². The van der Waals surface area contributed by atoms with Crippen LogP contribution in [-0.2, 0) is 6.54 Å². The first-order valence-corrected chi connectivity index (χ1v) is 6.88. The topological polar surface area (TPSA) is 67.7 Å². The van der Waals surface area contributed by atoms with E-state index in [2.05, 4.69) is 21.0 Å². The summed E-state index contributed by atoms with van der Waals surface area (Å²) in [5.74, 6) is 0.0148. The molecule has 0 aliphatic heterocycles. The smallest absolute Gasteiger partial charge is 0.100 e. The minimum Gasteiger partial charge on any atom is -0.387 e. The van der Waals surface area contributed by atoms with Gasteiger partial charge in [0.25, 0.3) is 0 Å². The van der Waals surface area contributed by atoms with Crippen molar-refractivity contribution >= 4 is 21.8 Å². The van der Waals surface area contributed by atoms with E-state index in [1.807, 2.05) is 48.9 Å². The van der Waals surface area contributed by atoms with Crippen LogP contribution in [0.5, 0.6) is 0 Å². The lowest BCUT2D eigenvalue weighted by Gasteiger charge is -2.17. The number of hydrogen-bond acceptors (Lipinski definition) is 2. The summed E-state index contributed by atoms with van der Waals surface area (Å²) in [5.41, 5.74) is 8.79. The van der Waals surface area contributed by atoms with E-state index in [1.165, 1.54) is 0 Å². The van der Waals surface area contributed by atoms with E-state index >= 15 is 0 Å². The molecule has 0 aliphatic carbocycles. The van der Waals surface area contributed by atoms with E-state index in [1.54, 1.807) is 0 Å². The molecule has 0 spiro atoms. The van der Waals surface area contributed by atoms with Gasteiger partial charge in [-0.2, -0.15) is 5.10 Å². The van der Waals surface area contributed by atoms with Crippen molar-refractivity contribution in [1.29, 1.82) is 5.41 Å². The summed E-state index contributed by atoms with van der Waals surface area (Å²) in [7, 11) is 0. The van der Waals surface area contributed by atoms with E-state index < -0.39 is 0 Å². The Bertz CT molecular complexity index is 589. The molecular formula is C14H17BrN4. The summed E-state index contributed by atoms with van der Waals surface area (Å²) in [6, 6.07) is 9.87. The Hall–Kier alpha value is -1.62. The lowest BCUT2D eigenvalue weighted by atomic mass is 9.98. The van der Waals surface area contributed by atoms with E-state index in [0.29, 0.717) is 6.54 Å². The predicted octanol–water partition coefficient (Wildman–Crippen LogP) is 2.98. The number of amidine groups is 1. The second-order valence-corrected chi connectivity index (χ2v) is 5.38. The molecule has 1 unspecified atom stereocenters. The first-order valence-electron chi connectivity index (χ1n) is 6.09. The van der Waals surface area contributed by atoms with Crippen molar-refractivity contribution in [3.8, 4) is 0 Å². The SMILES string of the molecule is Cc1nn(CC(C(=N)N)c2ccccc2)c(C)c1Br. The highest BCUT2D eigenvalue weighted by molar-refractivity contribution is 9.10. The van der Waals surface area contributed by atoms with Gasteiger partial charge in [0, 0.05) is 5.69 Å². The van der Waals surface area contributed by atoms with Gasteiger partial charge in [0.05, 0.1) is 22.6 Å². The Labute approximate surface area is 121 Å². The number of rotatable bonds is 4. The van der Waals surface area contributed by atoms with Crippen molar-refractivity contribution in [1.82, 2.24) is 9.78 Å². The monoisotopic (exact) mass is 320 g/mol. The highest BCUT2D eigenvalue weighted by atomic mass is 79.9. The molecule has 2 rings (SSSR count). The molecule has 2 aromatic rings. The third-order valence-electron chi connectivity index (χ3n) is 3.23. The van der Waals surface area contributed by atoms with Crippen molar-refractivity contribution < 1.29 is 0 Å². The Balaban J connectivity index is 2.32. The fraction of sp³-hybridized carbons (Fsp3) is 0.286. The molecule has 4 nitrogen and oxygen atoms in total. The Morgan fingerprint density at radius 2 is 2.00 bits per heavy atom. The predicted molar refractivity (Wildman–Crippen MR) is 80.5 cm³/mol. The van der Waals surface area contributed by atoms with Gasteiger partial charge in [0.1, 0.15) is 5.84 Å². The minimum atomic E-state index is -0.147. The van der Waals surface area contributed by atoms with Gasteiger partial charge < -0.3 is 5.73 Å². The number of halogens is 1. The average Bonchev–Trinajstić information content (AvgIpc) is 2.64. The molecule has 100 valence electrons. The van der Waals surface area contributed by atoms with Gasteiger partial charge in [-0.3, -0.25) is 10.1 Å². The molecule has 0 aliphatic rings. The number of nitrogens with zero attached hydrogens (tertiary/aromatic N) is 2. The lowest BCUT2D eigenvalue weighted by Crippen LogP contribution is -2.25. The molecule has 0 radical (unpaired) electrons. The van der Waals surface area contributed by atoms with Gasteiger partial charge in [-0.1, -0.05) is 30.3 Å². The first-order chi connectivity index (χ1) is 9.00. The van der Waals surface area contributed by atoms with Crippen molar-refractivity contribution in [2.45, 2.75) is 26.3 Å². The molecule has 1 heterocycles. The fourth-order valence-electron chi connectivity index (χ4n) is 2.09. The van der Waals surface area contributed by atoms with E-state index in [9.17, 15) is 0 Å². The largest absolute Gasteiger partial charge is 0.387 e. The Morgan fingerprint density at radius 3 is 2.47 bits per heavy atom. The second kappa shape index (κ2) is 5.57. The number of benzene rings is 1. The maximum Gasteiger partial charge on any atom is 0.100 e. The summed E-state index contributed by atoms with van der Waals surface area (Å²) in [6.07, 6.45) is 0. The van der Waals surface area contributed by atoms with Crippen LogP contribution in [0.2, 0.25) is 0 Å². The first kappa shape index (κ1) is 13.8. The van der Waals surface area contributed by atoms with Crippen LogP contribution in [0, 0.1) is 19.3 Å². The van der Waals surface area contributed by atoms with Crippen molar-refractivity contribution in [3.63, 3.8) is 0 Å². The molecule has 0 bridgehead atoms. The van der Waals surface area contributed by atoms with Gasteiger partial charge >= 0.3 is 0 Å². The molecule has 1 aromatic carbocycles. The zero-order valence-electron chi connectivity index (χ0n) is 11.0. The van der Waals surface area contributed by atoms with E-state index in [4.69, 9.17) is 11.1 Å². The third-order valence-corrected chi connectivity index (χ3v) is 4.37. The maximum absolute atomic E-state index is 7.79. The molecule has 0 saturated carbocycles. The van der Waals surface area contributed by atoms with Gasteiger partial charge in [0.2, 0.25) is 0 Å². The summed E-state index contributed by atoms with van der Waals surface area (Å²) in [5, 5.41) is 12.3. The number of aryl methyl sites for hydroxylation is 1. The van der Waals surface area contributed by atoms with Gasteiger partial charge in [-0.25, -0.2) is 0 Å². The van der Waals surface area contributed by atoms with Crippen LogP contribution in [0.3, 0.4) is 0 Å². The second-order valence-electron chi connectivity index (χ2n) is 4.59. The molecule has 0 saturated heterocycles. The number of aromatic nitrogens is 2. The maximum atomic E-state index is 7.79. The van der Waals surface area contributed by atoms with Crippen LogP contribution < -0.4 is 5.73 Å². The van der Waals surface area contributed by atoms with Crippen LogP contribution >= 0.6 is 15.9 Å². The average molecular weight is 321 g/mol. The van der Waals surface area contributed by atoms with Crippen LogP contribution in [0.15, 0.2) is 34.8 Å². The molecule has 19 heavy (non-hydrogen) atoms. The van der Waals surface area contributed by atoms with Crippen molar-refractivity contribution in [2.24, 2.45) is 5.73 Å². The molecule has 5 heteroatoms. The Morgan fingerprint density at radius 1 is 1.37 bits per heavy atom. The summed E-state index contributed by atoms with van der Waals surface area (Å²) < 4.78 is 2.92. The summed E-state index contributed by atoms with van der Waals surface area (Å²) in [6.45, 7) is 4.54. The van der Waals surface area contributed by atoms with Crippen LogP contribution in [0.1, 0.15) is 22.9 Å². The third kappa shape index (κ3) is 2.87. The van der Waals surface area contributed by atoms with Crippen LogP contribution in [0.25, 0.3) is 0 Å². The zero-order chi connectivity index (χ0) is 14.0. The fourth-order valence-corrected chi connectivity index (χ4v) is 2.38. The van der Waals surface area contributed by atoms with Crippen LogP contribution in [-0.4, -0.2) is 15.6 Å². The van der Waals surface area contributed by atoms with Gasteiger partial charge in [0.15, 0.2) is 0 Å². The molecular weight excluding hydrogens is 304 g/mol. The number of nitrogens with two attached hydrogens (primary N) is 1. The van der Waals surface area contributed by atoms with Crippen LogP contribution in [0.4, 0.5) is 0 Å². The molecule has 1 aromatic heterocycles.